The lowest BCUT2D eigenvalue weighted by atomic mass is 10.2. The van der Waals surface area contributed by atoms with Gasteiger partial charge in [-0.3, -0.25) is 9.59 Å². The van der Waals surface area contributed by atoms with Crippen molar-refractivity contribution in [2.45, 2.75) is 25.5 Å². The highest BCUT2D eigenvalue weighted by atomic mass is 16.5. The second kappa shape index (κ2) is 5.81. The first-order valence-electron chi connectivity index (χ1n) is 5.37. The van der Waals surface area contributed by atoms with Gasteiger partial charge in [0.05, 0.1) is 0 Å². The van der Waals surface area contributed by atoms with Crippen molar-refractivity contribution in [1.82, 2.24) is 10.2 Å². The van der Waals surface area contributed by atoms with Crippen LogP contribution in [0.4, 0.5) is 0 Å². The molecular weight excluding hydrogens is 210 g/mol. The number of nitrogens with one attached hydrogen (secondary N) is 1. The third-order valence-corrected chi connectivity index (χ3v) is 2.68. The van der Waals surface area contributed by atoms with Crippen LogP contribution in [0.1, 0.15) is 13.3 Å². The van der Waals surface area contributed by atoms with Gasteiger partial charge in [0, 0.05) is 39.7 Å². The Balaban J connectivity index is 2.46. The third kappa shape index (κ3) is 3.18. The molecule has 1 fully saturated rings. The zero-order chi connectivity index (χ0) is 12.1. The van der Waals surface area contributed by atoms with Crippen molar-refractivity contribution in [3.8, 4) is 0 Å². The number of rotatable bonds is 4. The number of amides is 2. The summed E-state index contributed by atoms with van der Waals surface area (Å²) in [6.07, 6.45) is 0.211. The van der Waals surface area contributed by atoms with Crippen molar-refractivity contribution in [3.63, 3.8) is 0 Å². The van der Waals surface area contributed by atoms with E-state index in [4.69, 9.17) is 10.5 Å². The van der Waals surface area contributed by atoms with Crippen LogP contribution >= 0.6 is 0 Å². The maximum absolute atomic E-state index is 11.8. The first kappa shape index (κ1) is 12.9. The van der Waals surface area contributed by atoms with E-state index >= 15 is 0 Å². The number of methoxy groups -OCH3 is 1. The lowest BCUT2D eigenvalue weighted by molar-refractivity contribution is -0.140. The first-order chi connectivity index (χ1) is 7.58. The fourth-order valence-electron chi connectivity index (χ4n) is 1.87. The van der Waals surface area contributed by atoms with Crippen LogP contribution in [-0.2, 0) is 14.3 Å². The summed E-state index contributed by atoms with van der Waals surface area (Å²) in [7, 11) is 1.47. The minimum Gasteiger partial charge on any atom is -0.370 e. The summed E-state index contributed by atoms with van der Waals surface area (Å²) in [6, 6.07) is 0.0525. The third-order valence-electron chi connectivity index (χ3n) is 2.68. The largest absolute Gasteiger partial charge is 0.370 e. The summed E-state index contributed by atoms with van der Waals surface area (Å²) in [4.78, 5) is 24.4. The van der Waals surface area contributed by atoms with Gasteiger partial charge < -0.3 is 20.7 Å². The number of likely N-dealkylation sites (tertiary alicyclic amines) is 1. The molecule has 0 aliphatic carbocycles. The van der Waals surface area contributed by atoms with Gasteiger partial charge in [0.1, 0.15) is 6.10 Å². The van der Waals surface area contributed by atoms with Gasteiger partial charge in [-0.1, -0.05) is 0 Å². The van der Waals surface area contributed by atoms with Crippen LogP contribution in [0.5, 0.6) is 0 Å². The molecule has 1 saturated heterocycles. The van der Waals surface area contributed by atoms with E-state index in [1.54, 1.807) is 4.90 Å². The van der Waals surface area contributed by atoms with E-state index in [2.05, 4.69) is 5.32 Å². The Hall–Kier alpha value is -1.14. The van der Waals surface area contributed by atoms with Crippen molar-refractivity contribution in [2.24, 2.45) is 5.73 Å². The minimum atomic E-state index is -0.573. The van der Waals surface area contributed by atoms with Crippen molar-refractivity contribution in [1.29, 1.82) is 0 Å². The Bertz CT molecular complexity index is 266. The Kier molecular flexibility index (Phi) is 4.70. The standard InChI is InChI=1S/C10H19N3O3/c1-7(14)12-8-3-4-13(6-8)10(15)9(5-11)16-2/h8-9H,3-6,11H2,1-2H3,(H,12,14). The fraction of sp³-hybridized carbons (Fsp3) is 0.800. The Morgan fingerprint density at radius 1 is 1.62 bits per heavy atom. The smallest absolute Gasteiger partial charge is 0.253 e. The van der Waals surface area contributed by atoms with E-state index in [9.17, 15) is 9.59 Å². The molecule has 0 spiro atoms. The van der Waals surface area contributed by atoms with Gasteiger partial charge >= 0.3 is 0 Å². The van der Waals surface area contributed by atoms with Crippen LogP contribution in [0.25, 0.3) is 0 Å². The molecule has 3 N–H and O–H groups in total. The number of nitrogens with zero attached hydrogens (tertiary/aromatic N) is 1. The van der Waals surface area contributed by atoms with Crippen molar-refractivity contribution in [3.05, 3.63) is 0 Å². The van der Waals surface area contributed by atoms with Crippen LogP contribution in [0.15, 0.2) is 0 Å². The van der Waals surface area contributed by atoms with Gasteiger partial charge in [-0.05, 0) is 6.42 Å². The predicted octanol–water partition coefficient (Wildman–Crippen LogP) is -1.30. The molecular formula is C10H19N3O3. The van der Waals surface area contributed by atoms with Crippen molar-refractivity contribution >= 4 is 11.8 Å². The molecule has 1 aliphatic heterocycles. The summed E-state index contributed by atoms with van der Waals surface area (Å²) in [5.74, 6) is -0.167. The second-order valence-electron chi connectivity index (χ2n) is 3.93. The monoisotopic (exact) mass is 229 g/mol. The van der Waals surface area contributed by atoms with E-state index in [-0.39, 0.29) is 24.4 Å². The molecule has 0 aromatic rings. The molecule has 2 amide bonds. The average Bonchev–Trinajstić information content (AvgIpc) is 2.67. The van der Waals surface area contributed by atoms with E-state index in [1.165, 1.54) is 14.0 Å². The highest BCUT2D eigenvalue weighted by Gasteiger charge is 2.30. The molecule has 0 aromatic carbocycles. The van der Waals surface area contributed by atoms with Gasteiger partial charge in [-0.25, -0.2) is 0 Å². The Morgan fingerprint density at radius 3 is 2.81 bits per heavy atom. The Labute approximate surface area is 95.1 Å². The highest BCUT2D eigenvalue weighted by molar-refractivity contribution is 5.81. The van der Waals surface area contributed by atoms with Gasteiger partial charge in [-0.15, -0.1) is 0 Å². The molecule has 1 aliphatic rings. The number of ether oxygens (including phenoxy) is 1. The normalized spacial score (nSPS) is 21.9. The van der Waals surface area contributed by atoms with E-state index in [0.717, 1.165) is 6.42 Å². The maximum atomic E-state index is 11.8. The summed E-state index contributed by atoms with van der Waals surface area (Å²) in [5.41, 5.74) is 5.42. The number of carbonyl (C=O) groups is 2. The maximum Gasteiger partial charge on any atom is 0.253 e. The molecule has 6 heteroatoms. The quantitative estimate of drug-likeness (QED) is 0.627. The molecule has 0 radical (unpaired) electrons. The number of hydrogen-bond donors (Lipinski definition) is 2. The van der Waals surface area contributed by atoms with Crippen molar-refractivity contribution in [2.75, 3.05) is 26.7 Å². The summed E-state index contributed by atoms with van der Waals surface area (Å²) < 4.78 is 4.99. The predicted molar refractivity (Wildman–Crippen MR) is 58.7 cm³/mol. The summed E-state index contributed by atoms with van der Waals surface area (Å²) in [5, 5.41) is 2.80. The molecule has 2 unspecified atom stereocenters. The summed E-state index contributed by atoms with van der Waals surface area (Å²) >= 11 is 0. The van der Waals surface area contributed by atoms with E-state index in [0.29, 0.717) is 13.1 Å². The zero-order valence-electron chi connectivity index (χ0n) is 9.73. The van der Waals surface area contributed by atoms with Crippen LogP contribution in [0.3, 0.4) is 0 Å². The fourth-order valence-corrected chi connectivity index (χ4v) is 1.87. The van der Waals surface area contributed by atoms with Crippen LogP contribution in [0, 0.1) is 0 Å². The zero-order valence-corrected chi connectivity index (χ0v) is 9.73. The topological polar surface area (TPSA) is 84.7 Å². The molecule has 0 saturated carbocycles. The van der Waals surface area contributed by atoms with Crippen LogP contribution < -0.4 is 11.1 Å². The molecule has 1 rings (SSSR count). The highest BCUT2D eigenvalue weighted by Crippen LogP contribution is 2.11. The van der Waals surface area contributed by atoms with Gasteiger partial charge in [-0.2, -0.15) is 0 Å². The molecule has 0 aromatic heterocycles. The number of carbonyl (C=O) groups excluding carboxylic acids is 2. The van der Waals surface area contributed by atoms with Gasteiger partial charge in [0.2, 0.25) is 5.91 Å². The minimum absolute atomic E-state index is 0.0525. The number of hydrogen-bond acceptors (Lipinski definition) is 4. The molecule has 6 nitrogen and oxygen atoms in total. The van der Waals surface area contributed by atoms with Crippen molar-refractivity contribution < 1.29 is 14.3 Å². The lowest BCUT2D eigenvalue weighted by Crippen LogP contribution is -2.44. The second-order valence-corrected chi connectivity index (χ2v) is 3.93. The lowest BCUT2D eigenvalue weighted by Gasteiger charge is -2.21. The van der Waals surface area contributed by atoms with E-state index < -0.39 is 6.10 Å². The van der Waals surface area contributed by atoms with Gasteiger partial charge in [0.25, 0.3) is 5.91 Å². The summed E-state index contributed by atoms with van der Waals surface area (Å²) in [6.45, 7) is 2.83. The first-order valence-corrected chi connectivity index (χ1v) is 5.37. The SMILES string of the molecule is COC(CN)C(=O)N1CCC(NC(C)=O)C1. The molecule has 92 valence electrons. The molecule has 16 heavy (non-hydrogen) atoms. The van der Waals surface area contributed by atoms with Crippen LogP contribution in [0.2, 0.25) is 0 Å². The molecule has 0 bridgehead atoms. The Morgan fingerprint density at radius 2 is 2.31 bits per heavy atom. The van der Waals surface area contributed by atoms with Crippen LogP contribution in [-0.4, -0.2) is 55.6 Å². The average molecular weight is 229 g/mol. The molecule has 2 atom stereocenters. The number of nitrogens with two attached hydrogens (primary N) is 1. The van der Waals surface area contributed by atoms with E-state index in [1.807, 2.05) is 0 Å². The van der Waals surface area contributed by atoms with Gasteiger partial charge in [0.15, 0.2) is 0 Å². The molecule has 1 heterocycles.